The fraction of sp³-hybridized carbons (Fsp3) is 0.250. The van der Waals surface area contributed by atoms with Gasteiger partial charge in [-0.25, -0.2) is 12.8 Å². The molecule has 21 heavy (non-hydrogen) atoms. The van der Waals surface area contributed by atoms with Gasteiger partial charge in [0.05, 0.1) is 15.7 Å². The highest BCUT2D eigenvalue weighted by Gasteiger charge is 2.22. The van der Waals surface area contributed by atoms with Gasteiger partial charge in [0.1, 0.15) is 4.90 Å². The number of thiophene rings is 1. The minimum absolute atomic E-state index is 0.0941. The smallest absolute Gasteiger partial charge is 0.263 e. The maximum absolute atomic E-state index is 13.5. The highest BCUT2D eigenvalue weighted by molar-refractivity contribution is 9.11. The van der Waals surface area contributed by atoms with E-state index in [1.54, 1.807) is 6.07 Å². The van der Waals surface area contributed by atoms with Crippen molar-refractivity contribution < 1.29 is 12.8 Å². The summed E-state index contributed by atoms with van der Waals surface area (Å²) in [6.45, 7) is 3.34. The van der Waals surface area contributed by atoms with Crippen molar-refractivity contribution >= 4 is 43.0 Å². The Morgan fingerprint density at radius 2 is 2.24 bits per heavy atom. The third-order valence-corrected chi connectivity index (χ3v) is 6.18. The van der Waals surface area contributed by atoms with Crippen molar-refractivity contribution in [2.24, 2.45) is 0 Å². The molecule has 0 aromatic carbocycles. The number of nitrogens with zero attached hydrogens (tertiary/aromatic N) is 1. The molecule has 0 aliphatic rings. The highest BCUT2D eigenvalue weighted by atomic mass is 79.9. The van der Waals surface area contributed by atoms with Gasteiger partial charge in [0.2, 0.25) is 0 Å². The lowest BCUT2D eigenvalue weighted by Crippen LogP contribution is -2.14. The summed E-state index contributed by atoms with van der Waals surface area (Å²) >= 11 is 4.57. The van der Waals surface area contributed by atoms with Crippen molar-refractivity contribution in [3.8, 4) is 0 Å². The van der Waals surface area contributed by atoms with Crippen molar-refractivity contribution in [2.45, 2.75) is 18.4 Å². The number of aromatic nitrogens is 1. The number of halogens is 2. The molecule has 9 heteroatoms. The minimum Gasteiger partial charge on any atom is -0.312 e. The lowest BCUT2D eigenvalue weighted by Gasteiger charge is -2.07. The van der Waals surface area contributed by atoms with Gasteiger partial charge in [-0.3, -0.25) is 9.71 Å². The molecule has 2 N–H and O–H groups in total. The van der Waals surface area contributed by atoms with Gasteiger partial charge >= 0.3 is 0 Å². The first-order valence-electron chi connectivity index (χ1n) is 6.05. The molecule has 114 valence electrons. The zero-order valence-corrected chi connectivity index (χ0v) is 14.3. The fourth-order valence-electron chi connectivity index (χ4n) is 1.57. The van der Waals surface area contributed by atoms with Crippen LogP contribution in [0.2, 0.25) is 0 Å². The summed E-state index contributed by atoms with van der Waals surface area (Å²) in [4.78, 5) is 4.55. The third-order valence-electron chi connectivity index (χ3n) is 2.56. The average Bonchev–Trinajstić information content (AvgIpc) is 2.81. The molecule has 0 aliphatic carbocycles. The second kappa shape index (κ2) is 6.82. The summed E-state index contributed by atoms with van der Waals surface area (Å²) in [6, 6.07) is 2.84. The molecule has 0 unspecified atom stereocenters. The first kappa shape index (κ1) is 16.3. The van der Waals surface area contributed by atoms with Crippen molar-refractivity contribution in [3.05, 3.63) is 39.0 Å². The SMILES string of the molecule is CCNCc1cc(S(=O)(=O)Nc2ccncc2F)c(Br)s1. The second-order valence-corrected chi connectivity index (χ2v) is 8.20. The predicted octanol–water partition coefficient (Wildman–Crippen LogP) is 2.96. The Hall–Kier alpha value is -1.03. The Labute approximate surface area is 134 Å². The molecule has 5 nitrogen and oxygen atoms in total. The molecule has 2 heterocycles. The first-order valence-corrected chi connectivity index (χ1v) is 9.14. The number of nitrogens with one attached hydrogen (secondary N) is 2. The molecule has 0 atom stereocenters. The topological polar surface area (TPSA) is 71.1 Å². The van der Waals surface area contributed by atoms with Gasteiger partial charge in [-0.1, -0.05) is 6.92 Å². The van der Waals surface area contributed by atoms with Gasteiger partial charge in [-0.15, -0.1) is 11.3 Å². The van der Waals surface area contributed by atoms with Gasteiger partial charge in [-0.05, 0) is 34.6 Å². The quantitative estimate of drug-likeness (QED) is 0.791. The molecule has 0 bridgehead atoms. The van der Waals surface area contributed by atoms with Crippen LogP contribution in [0, 0.1) is 5.82 Å². The summed E-state index contributed by atoms with van der Waals surface area (Å²) in [6.07, 6.45) is 2.28. The maximum Gasteiger partial charge on any atom is 0.263 e. The third kappa shape index (κ3) is 4.00. The lowest BCUT2D eigenvalue weighted by atomic mass is 10.4. The largest absolute Gasteiger partial charge is 0.312 e. The molecular formula is C12H13BrFN3O2S2. The van der Waals surface area contributed by atoms with E-state index in [2.05, 4.69) is 31.0 Å². The lowest BCUT2D eigenvalue weighted by molar-refractivity contribution is 0.598. The Morgan fingerprint density at radius 1 is 1.48 bits per heavy atom. The summed E-state index contributed by atoms with van der Waals surface area (Å²) in [5, 5.41) is 3.12. The van der Waals surface area contributed by atoms with Crippen molar-refractivity contribution in [1.82, 2.24) is 10.3 Å². The summed E-state index contributed by atoms with van der Waals surface area (Å²) in [7, 11) is -3.85. The maximum atomic E-state index is 13.5. The van der Waals surface area contributed by atoms with E-state index in [9.17, 15) is 12.8 Å². The summed E-state index contributed by atoms with van der Waals surface area (Å²) < 4.78 is 40.8. The van der Waals surface area contributed by atoms with Crippen LogP contribution in [0.5, 0.6) is 0 Å². The number of rotatable bonds is 6. The highest BCUT2D eigenvalue weighted by Crippen LogP contribution is 2.33. The molecule has 2 rings (SSSR count). The van der Waals surface area contributed by atoms with Gasteiger partial charge in [0, 0.05) is 17.6 Å². The van der Waals surface area contributed by atoms with E-state index < -0.39 is 15.8 Å². The number of hydrogen-bond donors (Lipinski definition) is 2. The van der Waals surface area contributed by atoms with Gasteiger partial charge in [0.25, 0.3) is 10.0 Å². The Balaban J connectivity index is 2.27. The van der Waals surface area contributed by atoms with Crippen LogP contribution in [-0.4, -0.2) is 19.9 Å². The molecule has 0 aliphatic heterocycles. The molecule has 0 fully saturated rings. The van der Waals surface area contributed by atoms with Crippen molar-refractivity contribution in [2.75, 3.05) is 11.3 Å². The van der Waals surface area contributed by atoms with Crippen LogP contribution >= 0.6 is 27.3 Å². The van der Waals surface area contributed by atoms with Crippen molar-refractivity contribution in [3.63, 3.8) is 0 Å². The molecule has 0 amide bonds. The first-order chi connectivity index (χ1) is 9.94. The number of hydrogen-bond acceptors (Lipinski definition) is 5. The van der Waals surface area contributed by atoms with E-state index in [0.717, 1.165) is 17.6 Å². The molecule has 0 saturated carbocycles. The van der Waals surface area contributed by atoms with E-state index in [1.165, 1.54) is 23.6 Å². The Morgan fingerprint density at radius 3 is 2.90 bits per heavy atom. The summed E-state index contributed by atoms with van der Waals surface area (Å²) in [5.74, 6) is -0.722. The zero-order chi connectivity index (χ0) is 15.5. The molecule has 0 radical (unpaired) electrons. The van der Waals surface area contributed by atoms with Crippen LogP contribution < -0.4 is 10.0 Å². The normalized spacial score (nSPS) is 11.6. The Bertz CT molecular complexity index is 734. The standard InChI is InChI=1S/C12H13BrFN3O2S2/c1-2-15-6-8-5-11(12(13)20-8)21(18,19)17-10-3-4-16-7-9(10)14/h3-5,7,15H,2,6H2,1H3,(H,16,17). The van der Waals surface area contributed by atoms with Crippen LogP contribution in [0.15, 0.2) is 33.2 Å². The molecule has 2 aromatic rings. The molecule has 0 saturated heterocycles. The molecule has 0 spiro atoms. The monoisotopic (exact) mass is 393 g/mol. The molecule has 2 aromatic heterocycles. The van der Waals surface area contributed by atoms with Gasteiger partial charge < -0.3 is 5.32 Å². The molecular weight excluding hydrogens is 381 g/mol. The van der Waals surface area contributed by atoms with Crippen LogP contribution in [0.25, 0.3) is 0 Å². The fourth-order valence-corrected chi connectivity index (χ4v) is 5.29. The van der Waals surface area contributed by atoms with Crippen LogP contribution in [0.4, 0.5) is 10.1 Å². The number of anilines is 1. The van der Waals surface area contributed by atoms with Crippen LogP contribution in [0.3, 0.4) is 0 Å². The minimum atomic E-state index is -3.85. The zero-order valence-electron chi connectivity index (χ0n) is 11.1. The predicted molar refractivity (Wildman–Crippen MR) is 84.4 cm³/mol. The van der Waals surface area contributed by atoms with Gasteiger partial charge in [0.15, 0.2) is 5.82 Å². The van der Waals surface area contributed by atoms with E-state index in [0.29, 0.717) is 10.3 Å². The number of sulfonamides is 1. The van der Waals surface area contributed by atoms with E-state index in [-0.39, 0.29) is 10.6 Å². The van der Waals surface area contributed by atoms with Crippen LogP contribution in [0.1, 0.15) is 11.8 Å². The van der Waals surface area contributed by atoms with E-state index >= 15 is 0 Å². The van der Waals surface area contributed by atoms with Crippen molar-refractivity contribution in [1.29, 1.82) is 0 Å². The van der Waals surface area contributed by atoms with E-state index in [4.69, 9.17) is 0 Å². The average molecular weight is 394 g/mol. The Kier molecular flexibility index (Phi) is 5.31. The van der Waals surface area contributed by atoms with Crippen LogP contribution in [-0.2, 0) is 16.6 Å². The number of pyridine rings is 1. The van der Waals surface area contributed by atoms with Gasteiger partial charge in [-0.2, -0.15) is 0 Å². The second-order valence-electron chi connectivity index (χ2n) is 4.09. The summed E-state index contributed by atoms with van der Waals surface area (Å²) in [5.41, 5.74) is -0.128. The van der Waals surface area contributed by atoms with E-state index in [1.807, 2.05) is 6.92 Å².